The number of amides is 1. The second-order valence-electron chi connectivity index (χ2n) is 9.20. The van der Waals surface area contributed by atoms with Gasteiger partial charge in [-0.15, -0.1) is 0 Å². The number of carboxylic acids is 1. The van der Waals surface area contributed by atoms with E-state index in [1.54, 1.807) is 72.7 Å². The number of thioether (sulfide) groups is 1. The van der Waals surface area contributed by atoms with Crippen LogP contribution in [0, 0.1) is 5.82 Å². The molecule has 0 spiro atoms. The molecule has 0 bridgehead atoms. The number of nitrogens with zero attached hydrogens (tertiary/aromatic N) is 2. The Morgan fingerprint density at radius 1 is 1.02 bits per heavy atom. The quantitative estimate of drug-likeness (QED) is 0.188. The molecule has 0 aromatic heterocycles. The minimum absolute atomic E-state index is 0.169. The molecular formula is C32H24BrFN2O5S. The van der Waals surface area contributed by atoms with Crippen molar-refractivity contribution < 1.29 is 28.6 Å². The van der Waals surface area contributed by atoms with Gasteiger partial charge in [0, 0.05) is 0 Å². The molecule has 1 aliphatic rings. The number of carbonyl (C=O) groups is 2. The molecule has 42 heavy (non-hydrogen) atoms. The normalized spacial score (nSPS) is 14.9. The van der Waals surface area contributed by atoms with Gasteiger partial charge in [-0.05, 0) is 111 Å². The highest BCUT2D eigenvalue weighted by Crippen LogP contribution is 2.36. The zero-order valence-electron chi connectivity index (χ0n) is 22.3. The number of carbonyl (C=O) groups excluding carboxylic acids is 1. The third-order valence-electron chi connectivity index (χ3n) is 6.26. The van der Waals surface area contributed by atoms with E-state index in [9.17, 15) is 19.1 Å². The van der Waals surface area contributed by atoms with Gasteiger partial charge in [0.05, 0.1) is 34.3 Å². The second kappa shape index (κ2) is 13.1. The fraction of sp³-hybridized carbons (Fsp3) is 0.0938. The number of halogens is 2. The maximum Gasteiger partial charge on any atom is 0.335 e. The lowest BCUT2D eigenvalue weighted by molar-refractivity contribution is -0.122. The first-order valence-corrected chi connectivity index (χ1v) is 14.3. The number of methoxy groups -OCH3 is 1. The second-order valence-corrected chi connectivity index (χ2v) is 11.1. The summed E-state index contributed by atoms with van der Waals surface area (Å²) in [6, 6.07) is 25.3. The maximum absolute atomic E-state index is 13.6. The van der Waals surface area contributed by atoms with E-state index in [-0.39, 0.29) is 30.4 Å². The number of aliphatic imine (C=N–C) groups is 1. The highest BCUT2D eigenvalue weighted by molar-refractivity contribution is 9.10. The molecule has 5 rings (SSSR count). The summed E-state index contributed by atoms with van der Waals surface area (Å²) < 4.78 is 25.3. The standard InChI is InChI=1S/C32H24BrFN2O5S/c1-40-26-12-10-25(11-13-26)35-32-36(18-20-5-8-23(9-6-20)31(38)39)30(37)29(42-32)17-21-7-14-28(27(33)16-21)41-19-22-3-2-4-24(34)15-22/h2-17H,18-19H2,1H3,(H,38,39)/b29-17-,35-32?. The van der Waals surface area contributed by atoms with Crippen LogP contribution in [0.15, 0.2) is 105 Å². The summed E-state index contributed by atoms with van der Waals surface area (Å²) in [7, 11) is 1.59. The molecule has 212 valence electrons. The van der Waals surface area contributed by atoms with Crippen LogP contribution in [-0.2, 0) is 17.9 Å². The van der Waals surface area contributed by atoms with Crippen molar-refractivity contribution in [2.75, 3.05) is 7.11 Å². The van der Waals surface area contributed by atoms with Gasteiger partial charge < -0.3 is 14.6 Å². The molecule has 10 heteroatoms. The number of hydrogen-bond donors (Lipinski definition) is 1. The first-order valence-electron chi connectivity index (χ1n) is 12.7. The fourth-order valence-electron chi connectivity index (χ4n) is 4.10. The van der Waals surface area contributed by atoms with E-state index in [4.69, 9.17) is 14.5 Å². The molecule has 7 nitrogen and oxygen atoms in total. The van der Waals surface area contributed by atoms with Crippen molar-refractivity contribution in [1.29, 1.82) is 0 Å². The largest absolute Gasteiger partial charge is 0.497 e. The van der Waals surface area contributed by atoms with E-state index >= 15 is 0 Å². The number of hydrogen-bond acceptors (Lipinski definition) is 6. The Kier molecular flexibility index (Phi) is 9.04. The predicted molar refractivity (Wildman–Crippen MR) is 164 cm³/mol. The minimum atomic E-state index is -1.02. The molecule has 0 unspecified atom stereocenters. The summed E-state index contributed by atoms with van der Waals surface area (Å²) in [4.78, 5) is 31.6. The highest BCUT2D eigenvalue weighted by Gasteiger charge is 2.33. The van der Waals surface area contributed by atoms with Crippen LogP contribution in [0.25, 0.3) is 6.08 Å². The monoisotopic (exact) mass is 646 g/mol. The van der Waals surface area contributed by atoms with Gasteiger partial charge in [0.1, 0.15) is 23.9 Å². The van der Waals surface area contributed by atoms with Crippen molar-refractivity contribution in [2.45, 2.75) is 13.2 Å². The van der Waals surface area contributed by atoms with Crippen LogP contribution in [-0.4, -0.2) is 34.2 Å². The first-order chi connectivity index (χ1) is 20.3. The minimum Gasteiger partial charge on any atom is -0.497 e. The van der Waals surface area contributed by atoms with Crippen molar-refractivity contribution in [2.24, 2.45) is 4.99 Å². The number of benzene rings is 4. The molecule has 4 aromatic carbocycles. The number of amidine groups is 1. The Morgan fingerprint density at radius 2 is 1.79 bits per heavy atom. The van der Waals surface area contributed by atoms with Gasteiger partial charge in [-0.2, -0.15) is 0 Å². The molecule has 0 atom stereocenters. The topological polar surface area (TPSA) is 88.4 Å². The number of aromatic carboxylic acids is 1. The third-order valence-corrected chi connectivity index (χ3v) is 7.89. The summed E-state index contributed by atoms with van der Waals surface area (Å²) in [5.41, 5.74) is 3.07. The van der Waals surface area contributed by atoms with Crippen LogP contribution >= 0.6 is 27.7 Å². The smallest absolute Gasteiger partial charge is 0.335 e. The van der Waals surface area contributed by atoms with E-state index in [0.717, 1.165) is 11.1 Å². The zero-order chi connectivity index (χ0) is 29.6. The Balaban J connectivity index is 1.39. The molecule has 1 aliphatic heterocycles. The van der Waals surface area contributed by atoms with Crippen molar-refractivity contribution in [3.63, 3.8) is 0 Å². The van der Waals surface area contributed by atoms with Crippen LogP contribution in [0.1, 0.15) is 27.0 Å². The average Bonchev–Trinajstić information content (AvgIpc) is 3.26. The summed E-state index contributed by atoms with van der Waals surface area (Å²) >= 11 is 4.79. The summed E-state index contributed by atoms with van der Waals surface area (Å²) in [5.74, 6) is -0.286. The fourth-order valence-corrected chi connectivity index (χ4v) is 5.61. The van der Waals surface area contributed by atoms with Crippen LogP contribution in [0.2, 0.25) is 0 Å². The Hall–Kier alpha value is -4.41. The van der Waals surface area contributed by atoms with Crippen molar-refractivity contribution in [3.05, 3.63) is 128 Å². The Morgan fingerprint density at radius 3 is 2.45 bits per heavy atom. The lowest BCUT2D eigenvalue weighted by atomic mass is 10.1. The summed E-state index contributed by atoms with van der Waals surface area (Å²) in [6.45, 7) is 0.424. The van der Waals surface area contributed by atoms with Crippen molar-refractivity contribution in [1.82, 2.24) is 4.90 Å². The van der Waals surface area contributed by atoms with Crippen LogP contribution in [0.4, 0.5) is 10.1 Å². The van der Waals surface area contributed by atoms with E-state index in [2.05, 4.69) is 15.9 Å². The lowest BCUT2D eigenvalue weighted by Gasteiger charge is -2.16. The number of ether oxygens (including phenoxy) is 2. The third kappa shape index (κ3) is 7.07. The molecule has 1 heterocycles. The van der Waals surface area contributed by atoms with Crippen LogP contribution in [0.3, 0.4) is 0 Å². The molecule has 1 fully saturated rings. The van der Waals surface area contributed by atoms with E-state index in [1.165, 1.54) is 36.0 Å². The highest BCUT2D eigenvalue weighted by atomic mass is 79.9. The molecule has 0 radical (unpaired) electrons. The van der Waals surface area contributed by atoms with Crippen molar-refractivity contribution >= 4 is 56.5 Å². The van der Waals surface area contributed by atoms with Gasteiger partial charge in [-0.25, -0.2) is 14.2 Å². The van der Waals surface area contributed by atoms with Crippen LogP contribution in [0.5, 0.6) is 11.5 Å². The predicted octanol–water partition coefficient (Wildman–Crippen LogP) is 7.68. The molecule has 4 aromatic rings. The molecule has 1 amide bonds. The van der Waals surface area contributed by atoms with Gasteiger partial charge >= 0.3 is 5.97 Å². The SMILES string of the molecule is COc1ccc(N=C2S/C(=C\c3ccc(OCc4cccc(F)c4)c(Br)c3)C(=O)N2Cc2ccc(C(=O)O)cc2)cc1. The molecule has 1 N–H and O–H groups in total. The van der Waals surface area contributed by atoms with Gasteiger partial charge in [-0.3, -0.25) is 9.69 Å². The number of carboxylic acid groups (broad SMARTS) is 1. The maximum atomic E-state index is 13.6. The summed E-state index contributed by atoms with van der Waals surface area (Å²) in [5, 5.41) is 9.71. The molecule has 0 saturated carbocycles. The van der Waals surface area contributed by atoms with E-state index in [1.807, 2.05) is 12.1 Å². The summed E-state index contributed by atoms with van der Waals surface area (Å²) in [6.07, 6.45) is 1.78. The molecule has 0 aliphatic carbocycles. The number of rotatable bonds is 9. The first kappa shape index (κ1) is 29.1. The van der Waals surface area contributed by atoms with Gasteiger partial charge in [0.25, 0.3) is 5.91 Å². The zero-order valence-corrected chi connectivity index (χ0v) is 24.7. The van der Waals surface area contributed by atoms with E-state index in [0.29, 0.717) is 37.3 Å². The Bertz CT molecular complexity index is 1690. The van der Waals surface area contributed by atoms with Gasteiger partial charge in [0.15, 0.2) is 5.17 Å². The van der Waals surface area contributed by atoms with E-state index < -0.39 is 5.97 Å². The molecule has 1 saturated heterocycles. The van der Waals surface area contributed by atoms with Gasteiger partial charge in [-0.1, -0.05) is 30.3 Å². The Labute approximate surface area is 254 Å². The molecular weight excluding hydrogens is 623 g/mol. The van der Waals surface area contributed by atoms with Crippen molar-refractivity contribution in [3.8, 4) is 11.5 Å². The lowest BCUT2D eigenvalue weighted by Crippen LogP contribution is -2.28. The van der Waals surface area contributed by atoms with Crippen LogP contribution < -0.4 is 9.47 Å². The average molecular weight is 648 g/mol. The van der Waals surface area contributed by atoms with Gasteiger partial charge in [0.2, 0.25) is 0 Å².